The molecule has 1 aromatic carbocycles. The van der Waals surface area contributed by atoms with Crippen molar-refractivity contribution in [2.24, 2.45) is 5.73 Å². The molecular weight excluding hydrogens is 202 g/mol. The van der Waals surface area contributed by atoms with Gasteiger partial charge in [0.2, 0.25) is 0 Å². The molecule has 0 radical (unpaired) electrons. The zero-order valence-electron chi connectivity index (χ0n) is 9.33. The molecule has 2 aliphatic rings. The molecule has 3 rings (SSSR count). The number of benzene rings is 1. The van der Waals surface area contributed by atoms with E-state index in [2.05, 4.69) is 6.07 Å². The summed E-state index contributed by atoms with van der Waals surface area (Å²) < 4.78 is 5.35. The van der Waals surface area contributed by atoms with Crippen molar-refractivity contribution in [3.63, 3.8) is 0 Å². The predicted octanol–water partition coefficient (Wildman–Crippen LogP) is 1.85. The number of phenolic OH excluding ortho intramolecular Hbond substituents is 1. The van der Waals surface area contributed by atoms with E-state index in [-0.39, 0.29) is 5.54 Å². The van der Waals surface area contributed by atoms with Gasteiger partial charge >= 0.3 is 0 Å². The van der Waals surface area contributed by atoms with Crippen molar-refractivity contribution in [2.75, 3.05) is 0 Å². The van der Waals surface area contributed by atoms with E-state index in [9.17, 15) is 5.11 Å². The molecule has 16 heavy (non-hydrogen) atoms. The minimum absolute atomic E-state index is 0.0575. The van der Waals surface area contributed by atoms with E-state index in [1.54, 1.807) is 0 Å². The van der Waals surface area contributed by atoms with E-state index in [0.717, 1.165) is 36.8 Å². The monoisotopic (exact) mass is 219 g/mol. The van der Waals surface area contributed by atoms with Gasteiger partial charge in [-0.15, -0.1) is 0 Å². The van der Waals surface area contributed by atoms with Crippen LogP contribution in [-0.4, -0.2) is 10.6 Å². The maximum atomic E-state index is 9.90. The lowest BCUT2D eigenvalue weighted by molar-refractivity contribution is 0.134. The zero-order chi connectivity index (χ0) is 11.2. The fourth-order valence-corrected chi connectivity index (χ4v) is 2.26. The smallest absolute Gasteiger partial charge is 0.119 e. The second-order valence-corrected chi connectivity index (χ2v) is 5.10. The van der Waals surface area contributed by atoms with Crippen LogP contribution in [0, 0.1) is 0 Å². The molecule has 1 aliphatic heterocycles. The van der Waals surface area contributed by atoms with Gasteiger partial charge in [0.05, 0.1) is 13.2 Å². The summed E-state index contributed by atoms with van der Waals surface area (Å²) in [5.41, 5.74) is 9.46. The van der Waals surface area contributed by atoms with E-state index >= 15 is 0 Å². The highest BCUT2D eigenvalue weighted by Crippen LogP contribution is 2.38. The first-order chi connectivity index (χ1) is 7.66. The van der Waals surface area contributed by atoms with Crippen molar-refractivity contribution in [3.8, 4) is 5.75 Å². The van der Waals surface area contributed by atoms with Crippen LogP contribution in [0.3, 0.4) is 0 Å². The third-order valence-corrected chi connectivity index (χ3v) is 3.70. The van der Waals surface area contributed by atoms with E-state index in [1.165, 1.54) is 5.56 Å². The molecule has 3 heteroatoms. The zero-order valence-corrected chi connectivity index (χ0v) is 9.33. The summed E-state index contributed by atoms with van der Waals surface area (Å²) in [5, 5.41) is 9.90. The van der Waals surface area contributed by atoms with Crippen molar-refractivity contribution in [1.29, 1.82) is 0 Å². The molecule has 1 aromatic rings. The van der Waals surface area contributed by atoms with E-state index in [4.69, 9.17) is 10.5 Å². The standard InChI is InChI=1S/C13H17NO2/c14-13(3-4-13)2-1-9-5-10-7-16-8-11(10)6-12(9)15/h5-6,15H,1-4,7-8,14H2. The molecule has 0 amide bonds. The van der Waals surface area contributed by atoms with Crippen molar-refractivity contribution in [3.05, 3.63) is 28.8 Å². The third-order valence-electron chi connectivity index (χ3n) is 3.70. The van der Waals surface area contributed by atoms with Crippen LogP contribution in [0.15, 0.2) is 12.1 Å². The van der Waals surface area contributed by atoms with Gasteiger partial charge < -0.3 is 15.6 Å². The fraction of sp³-hybridized carbons (Fsp3) is 0.538. The summed E-state index contributed by atoms with van der Waals surface area (Å²) in [6.45, 7) is 1.31. The predicted molar refractivity (Wildman–Crippen MR) is 61.1 cm³/mol. The maximum Gasteiger partial charge on any atom is 0.119 e. The molecule has 0 aromatic heterocycles. The van der Waals surface area contributed by atoms with Gasteiger partial charge in [0, 0.05) is 5.54 Å². The van der Waals surface area contributed by atoms with Crippen LogP contribution < -0.4 is 5.73 Å². The molecule has 0 spiro atoms. The maximum absolute atomic E-state index is 9.90. The lowest BCUT2D eigenvalue weighted by Crippen LogP contribution is -2.22. The van der Waals surface area contributed by atoms with Crippen LogP contribution in [0.1, 0.15) is 36.0 Å². The SMILES string of the molecule is NC1(CCc2cc3c(cc2O)COC3)CC1. The Labute approximate surface area is 95.2 Å². The fourth-order valence-electron chi connectivity index (χ4n) is 2.26. The molecule has 1 aliphatic carbocycles. The molecule has 0 unspecified atom stereocenters. The van der Waals surface area contributed by atoms with Gasteiger partial charge in [0.1, 0.15) is 5.75 Å². The van der Waals surface area contributed by atoms with Crippen LogP contribution >= 0.6 is 0 Å². The molecule has 1 fully saturated rings. The Morgan fingerprint density at radius 3 is 2.62 bits per heavy atom. The number of aromatic hydroxyl groups is 1. The first-order valence-corrected chi connectivity index (χ1v) is 5.87. The lowest BCUT2D eigenvalue weighted by Gasteiger charge is -2.10. The molecule has 3 N–H and O–H groups in total. The van der Waals surface area contributed by atoms with E-state index in [0.29, 0.717) is 19.0 Å². The van der Waals surface area contributed by atoms with Crippen LogP contribution in [0.5, 0.6) is 5.75 Å². The van der Waals surface area contributed by atoms with E-state index in [1.807, 2.05) is 6.07 Å². The number of aryl methyl sites for hydroxylation is 1. The van der Waals surface area contributed by atoms with Crippen LogP contribution in [0.4, 0.5) is 0 Å². The number of hydrogen-bond acceptors (Lipinski definition) is 3. The summed E-state index contributed by atoms with van der Waals surface area (Å²) in [5.74, 6) is 0.397. The Balaban J connectivity index is 1.78. The van der Waals surface area contributed by atoms with E-state index < -0.39 is 0 Å². The average Bonchev–Trinajstić information content (AvgIpc) is 2.82. The Morgan fingerprint density at radius 1 is 1.25 bits per heavy atom. The average molecular weight is 219 g/mol. The Kier molecular flexibility index (Phi) is 2.19. The lowest BCUT2D eigenvalue weighted by atomic mass is 9.99. The number of ether oxygens (including phenoxy) is 1. The topological polar surface area (TPSA) is 55.5 Å². The first kappa shape index (κ1) is 10.1. The van der Waals surface area contributed by atoms with Gasteiger partial charge in [0.15, 0.2) is 0 Å². The second-order valence-electron chi connectivity index (χ2n) is 5.10. The quantitative estimate of drug-likeness (QED) is 0.815. The molecule has 86 valence electrons. The van der Waals surface area contributed by atoms with Crippen molar-refractivity contribution in [1.82, 2.24) is 0 Å². The van der Waals surface area contributed by atoms with Gasteiger partial charge in [-0.3, -0.25) is 0 Å². The molecular formula is C13H17NO2. The summed E-state index contributed by atoms with van der Waals surface area (Å²) >= 11 is 0. The first-order valence-electron chi connectivity index (χ1n) is 5.87. The molecule has 0 saturated heterocycles. The Bertz CT molecular complexity index is 424. The molecule has 3 nitrogen and oxygen atoms in total. The normalized spacial score (nSPS) is 20.8. The Hall–Kier alpha value is -1.06. The second kappa shape index (κ2) is 3.47. The number of rotatable bonds is 3. The Morgan fingerprint density at radius 2 is 1.94 bits per heavy atom. The molecule has 1 heterocycles. The molecule has 1 saturated carbocycles. The minimum atomic E-state index is 0.0575. The van der Waals surface area contributed by atoms with Crippen molar-refractivity contribution < 1.29 is 9.84 Å². The number of nitrogens with two attached hydrogens (primary N) is 1. The summed E-state index contributed by atoms with van der Waals surface area (Å²) in [6.07, 6.45) is 4.10. The summed E-state index contributed by atoms with van der Waals surface area (Å²) in [4.78, 5) is 0. The van der Waals surface area contributed by atoms with Crippen LogP contribution in [-0.2, 0) is 24.4 Å². The highest BCUT2D eigenvalue weighted by atomic mass is 16.5. The van der Waals surface area contributed by atoms with Gasteiger partial charge in [-0.05, 0) is 54.5 Å². The molecule has 0 atom stereocenters. The highest BCUT2D eigenvalue weighted by Gasteiger charge is 2.37. The largest absolute Gasteiger partial charge is 0.508 e. The van der Waals surface area contributed by atoms with Gasteiger partial charge in [0.25, 0.3) is 0 Å². The van der Waals surface area contributed by atoms with Gasteiger partial charge in [-0.1, -0.05) is 0 Å². The van der Waals surface area contributed by atoms with Gasteiger partial charge in [-0.25, -0.2) is 0 Å². The van der Waals surface area contributed by atoms with Gasteiger partial charge in [-0.2, -0.15) is 0 Å². The van der Waals surface area contributed by atoms with Crippen molar-refractivity contribution in [2.45, 2.75) is 44.4 Å². The van der Waals surface area contributed by atoms with Crippen LogP contribution in [0.2, 0.25) is 0 Å². The number of fused-ring (bicyclic) bond motifs is 1. The third kappa shape index (κ3) is 1.81. The molecule has 0 bridgehead atoms. The summed E-state index contributed by atoms with van der Waals surface area (Å²) in [7, 11) is 0. The van der Waals surface area contributed by atoms with Crippen molar-refractivity contribution >= 4 is 0 Å². The highest BCUT2D eigenvalue weighted by molar-refractivity contribution is 5.43. The number of hydrogen-bond donors (Lipinski definition) is 2. The summed E-state index contributed by atoms with van der Waals surface area (Å²) in [6, 6.07) is 3.91. The van der Waals surface area contributed by atoms with Crippen LogP contribution in [0.25, 0.3) is 0 Å². The number of phenols is 1. The minimum Gasteiger partial charge on any atom is -0.508 e.